The molecule has 1 saturated carbocycles. The van der Waals surface area contributed by atoms with Gasteiger partial charge in [0.05, 0.1) is 21.3 Å². The van der Waals surface area contributed by atoms with Crippen LogP contribution in [0, 0.1) is 35.0 Å². The van der Waals surface area contributed by atoms with E-state index in [-0.39, 0.29) is 4.90 Å². The lowest BCUT2D eigenvalue weighted by molar-refractivity contribution is 0.0937. The van der Waals surface area contributed by atoms with Crippen molar-refractivity contribution >= 4 is 27.3 Å². The summed E-state index contributed by atoms with van der Waals surface area (Å²) in [5.41, 5.74) is 1.92. The summed E-state index contributed by atoms with van der Waals surface area (Å²) in [6, 6.07) is 24.1. The van der Waals surface area contributed by atoms with Crippen LogP contribution < -0.4 is 4.90 Å². The Morgan fingerprint density at radius 1 is 0.930 bits per heavy atom. The highest BCUT2D eigenvalue weighted by Crippen LogP contribution is 2.52. The van der Waals surface area contributed by atoms with Gasteiger partial charge in [0.1, 0.15) is 0 Å². The lowest BCUT2D eigenvalue weighted by Crippen LogP contribution is -2.54. The zero-order valence-corrected chi connectivity index (χ0v) is 26.6. The number of pyridine rings is 1. The maximum Gasteiger partial charge on any atom is 0.206 e. The number of nitrogens with zero attached hydrogens (tertiary/aromatic N) is 4. The van der Waals surface area contributed by atoms with Gasteiger partial charge in [-0.2, -0.15) is 17.0 Å². The molecule has 2 aliphatic heterocycles. The number of rotatable bonds is 10. The maximum absolute atomic E-state index is 12.9. The number of sulfone groups is 1. The molecule has 8 heteroatoms. The second kappa shape index (κ2) is 13.0. The molecule has 3 aliphatic rings. The van der Waals surface area contributed by atoms with Crippen molar-refractivity contribution in [3.8, 4) is 6.07 Å². The van der Waals surface area contributed by atoms with Crippen LogP contribution in [0.4, 0.5) is 5.69 Å². The Kier molecular flexibility index (Phi) is 9.13. The second-order valence-corrected chi connectivity index (χ2v) is 15.5. The standard InChI is InChI=1S/C35H42N4O2S2/c1-42-25-28-6-5-9-34(28)35(26-36,29-7-3-2-4-8-29)30-16-20-38(21-17-30)22-27-23-39(24-27)31-10-12-32(13-11-31)43(40,41)33-14-18-37-19-15-33/h2-4,7-8,10-15,18-19,27-28,30,34H,5-6,9,16-17,20-25H2,1H3/t28-,34+,35?/m1/s1. The number of likely N-dealkylation sites (tertiary alicyclic amines) is 1. The van der Waals surface area contributed by atoms with E-state index in [0.717, 1.165) is 57.0 Å². The van der Waals surface area contributed by atoms with Crippen LogP contribution in [0.1, 0.15) is 37.7 Å². The van der Waals surface area contributed by atoms with Gasteiger partial charge in [0.15, 0.2) is 0 Å². The van der Waals surface area contributed by atoms with Crippen LogP contribution in [-0.2, 0) is 15.3 Å². The molecule has 3 heterocycles. The van der Waals surface area contributed by atoms with Gasteiger partial charge in [-0.3, -0.25) is 4.98 Å². The maximum atomic E-state index is 12.9. The van der Waals surface area contributed by atoms with Crippen LogP contribution in [-0.4, -0.2) is 63.0 Å². The molecule has 3 fully saturated rings. The van der Waals surface area contributed by atoms with E-state index in [1.54, 1.807) is 12.1 Å². The van der Waals surface area contributed by atoms with Crippen molar-refractivity contribution < 1.29 is 8.42 Å². The van der Waals surface area contributed by atoms with Gasteiger partial charge >= 0.3 is 0 Å². The fourth-order valence-corrected chi connectivity index (χ4v) is 10.2. The minimum Gasteiger partial charge on any atom is -0.371 e. The summed E-state index contributed by atoms with van der Waals surface area (Å²) >= 11 is 1.94. The Morgan fingerprint density at radius 2 is 1.60 bits per heavy atom. The van der Waals surface area contributed by atoms with Crippen LogP contribution in [0.5, 0.6) is 0 Å². The van der Waals surface area contributed by atoms with Gasteiger partial charge in [0.2, 0.25) is 9.84 Å². The Labute approximate surface area is 261 Å². The minimum atomic E-state index is -3.53. The monoisotopic (exact) mass is 614 g/mol. The van der Waals surface area contributed by atoms with Gasteiger partial charge < -0.3 is 9.80 Å². The minimum absolute atomic E-state index is 0.266. The molecule has 0 spiro atoms. The van der Waals surface area contributed by atoms with Crippen molar-refractivity contribution in [2.24, 2.45) is 23.7 Å². The van der Waals surface area contributed by atoms with Crippen molar-refractivity contribution in [2.75, 3.05) is 49.6 Å². The molecule has 1 unspecified atom stereocenters. The molecule has 3 aromatic rings. The van der Waals surface area contributed by atoms with Crippen LogP contribution in [0.2, 0.25) is 0 Å². The van der Waals surface area contributed by atoms with Gasteiger partial charge in [0.25, 0.3) is 0 Å². The molecule has 0 bridgehead atoms. The Morgan fingerprint density at radius 3 is 2.26 bits per heavy atom. The van der Waals surface area contributed by atoms with Gasteiger partial charge in [-0.25, -0.2) is 8.42 Å². The predicted molar refractivity (Wildman–Crippen MR) is 174 cm³/mol. The third-order valence-corrected chi connectivity index (χ3v) is 12.8. The largest absolute Gasteiger partial charge is 0.371 e. The third-order valence-electron chi connectivity index (χ3n) is 10.2. The number of benzene rings is 2. The van der Waals surface area contributed by atoms with Gasteiger partial charge in [0, 0.05) is 43.6 Å². The quantitative estimate of drug-likeness (QED) is 0.265. The molecular weight excluding hydrogens is 573 g/mol. The molecule has 3 atom stereocenters. The van der Waals surface area contributed by atoms with Crippen molar-refractivity contribution in [3.63, 3.8) is 0 Å². The van der Waals surface area contributed by atoms with Crippen molar-refractivity contribution in [3.05, 3.63) is 84.7 Å². The summed E-state index contributed by atoms with van der Waals surface area (Å²) in [7, 11) is -3.53. The predicted octanol–water partition coefficient (Wildman–Crippen LogP) is 6.30. The zero-order chi connectivity index (χ0) is 29.9. The number of anilines is 1. The van der Waals surface area contributed by atoms with Crippen LogP contribution >= 0.6 is 11.8 Å². The topological polar surface area (TPSA) is 77.3 Å². The first-order chi connectivity index (χ1) is 21.0. The van der Waals surface area contributed by atoms with E-state index in [1.165, 1.54) is 49.4 Å². The number of piperidine rings is 1. The van der Waals surface area contributed by atoms with Crippen LogP contribution in [0.3, 0.4) is 0 Å². The number of hydrogen-bond acceptors (Lipinski definition) is 7. The highest BCUT2D eigenvalue weighted by molar-refractivity contribution is 7.98. The molecule has 0 amide bonds. The van der Waals surface area contributed by atoms with E-state index in [1.807, 2.05) is 23.9 Å². The first-order valence-corrected chi connectivity index (χ1v) is 18.5. The fourth-order valence-electron chi connectivity index (χ4n) is 8.08. The molecular formula is C35H42N4O2S2. The fraction of sp³-hybridized carbons (Fsp3) is 0.486. The molecule has 1 aromatic heterocycles. The summed E-state index contributed by atoms with van der Waals surface area (Å²) in [5.74, 6) is 3.21. The SMILES string of the molecule is CSC[C@H]1CCC[C@@H]1C(C#N)(c1ccccc1)C1CCN(CC2CN(c3ccc(S(=O)(=O)c4ccncc4)cc3)C2)CC1. The summed E-state index contributed by atoms with van der Waals surface area (Å²) in [6.45, 7) is 5.17. The Bertz CT molecular complexity index is 1500. The van der Waals surface area contributed by atoms with E-state index in [9.17, 15) is 13.7 Å². The molecule has 226 valence electrons. The molecule has 2 aromatic carbocycles. The van der Waals surface area contributed by atoms with E-state index in [2.05, 4.69) is 57.4 Å². The molecule has 2 saturated heterocycles. The van der Waals surface area contributed by atoms with Gasteiger partial charge in [-0.05, 0) is 110 Å². The first kappa shape index (κ1) is 30.2. The van der Waals surface area contributed by atoms with E-state index < -0.39 is 15.3 Å². The number of aromatic nitrogens is 1. The number of hydrogen-bond donors (Lipinski definition) is 0. The Hall–Kier alpha value is -2.86. The van der Waals surface area contributed by atoms with Gasteiger partial charge in [-0.15, -0.1) is 0 Å². The number of thioether (sulfide) groups is 1. The lowest BCUT2D eigenvalue weighted by Gasteiger charge is -2.48. The molecule has 0 radical (unpaired) electrons. The summed E-state index contributed by atoms with van der Waals surface area (Å²) in [5, 5.41) is 10.9. The van der Waals surface area contributed by atoms with Crippen molar-refractivity contribution in [2.45, 2.75) is 47.3 Å². The number of nitriles is 1. The average Bonchev–Trinajstić information content (AvgIpc) is 3.50. The normalized spacial score (nSPS) is 23.4. The van der Waals surface area contributed by atoms with E-state index >= 15 is 0 Å². The molecule has 0 N–H and O–H groups in total. The molecule has 1 aliphatic carbocycles. The second-order valence-electron chi connectivity index (χ2n) is 12.6. The van der Waals surface area contributed by atoms with Crippen molar-refractivity contribution in [1.29, 1.82) is 5.26 Å². The summed E-state index contributed by atoms with van der Waals surface area (Å²) < 4.78 is 25.8. The third kappa shape index (κ3) is 5.96. The highest BCUT2D eigenvalue weighted by Gasteiger charge is 2.51. The average molecular weight is 615 g/mol. The molecule has 43 heavy (non-hydrogen) atoms. The molecule has 6 nitrogen and oxygen atoms in total. The zero-order valence-electron chi connectivity index (χ0n) is 25.0. The smallest absolute Gasteiger partial charge is 0.206 e. The van der Waals surface area contributed by atoms with E-state index in [4.69, 9.17) is 0 Å². The first-order valence-electron chi connectivity index (χ1n) is 15.6. The van der Waals surface area contributed by atoms with Gasteiger partial charge in [-0.1, -0.05) is 36.8 Å². The molecule has 6 rings (SSSR count). The lowest BCUT2D eigenvalue weighted by atomic mass is 9.58. The summed E-state index contributed by atoms with van der Waals surface area (Å²) in [6.07, 6.45) is 11.0. The van der Waals surface area contributed by atoms with Crippen LogP contribution in [0.25, 0.3) is 0 Å². The van der Waals surface area contributed by atoms with E-state index in [0.29, 0.717) is 28.6 Å². The van der Waals surface area contributed by atoms with Crippen LogP contribution in [0.15, 0.2) is 88.9 Å². The highest BCUT2D eigenvalue weighted by atomic mass is 32.2. The van der Waals surface area contributed by atoms with Crippen molar-refractivity contribution in [1.82, 2.24) is 9.88 Å². The summed E-state index contributed by atoms with van der Waals surface area (Å²) in [4.78, 5) is 9.45. The Balaban J connectivity index is 1.06.